The van der Waals surface area contributed by atoms with E-state index in [1.54, 1.807) is 35.2 Å². The zero-order valence-electron chi connectivity index (χ0n) is 14.5. The fourth-order valence-corrected chi connectivity index (χ4v) is 2.85. The third kappa shape index (κ3) is 3.80. The van der Waals surface area contributed by atoms with E-state index in [4.69, 9.17) is 18.6 Å². The Morgan fingerprint density at radius 2 is 1.89 bits per heavy atom. The van der Waals surface area contributed by atoms with Gasteiger partial charge in [-0.2, -0.15) is 0 Å². The van der Waals surface area contributed by atoms with E-state index in [2.05, 4.69) is 5.32 Å². The van der Waals surface area contributed by atoms with E-state index in [-0.39, 0.29) is 24.2 Å². The van der Waals surface area contributed by atoms with Crippen molar-refractivity contribution >= 4 is 17.9 Å². The molecule has 2 amide bonds. The molecule has 1 saturated heterocycles. The summed E-state index contributed by atoms with van der Waals surface area (Å²) < 4.78 is 21.1. The average Bonchev–Trinajstić information content (AvgIpc) is 3.39. The van der Waals surface area contributed by atoms with Gasteiger partial charge in [-0.1, -0.05) is 6.07 Å². The van der Waals surface area contributed by atoms with Gasteiger partial charge in [0.25, 0.3) is 11.8 Å². The van der Waals surface area contributed by atoms with Gasteiger partial charge in [-0.25, -0.2) is 0 Å². The van der Waals surface area contributed by atoms with Gasteiger partial charge < -0.3 is 28.8 Å². The summed E-state index contributed by atoms with van der Waals surface area (Å²) in [6.45, 7) is 2.03. The van der Waals surface area contributed by atoms with Gasteiger partial charge in [-0.15, -0.1) is 0 Å². The van der Waals surface area contributed by atoms with E-state index in [1.165, 1.54) is 12.3 Å². The molecule has 8 heteroatoms. The molecule has 0 bridgehead atoms. The molecule has 140 valence electrons. The Balaban J connectivity index is 1.62. The van der Waals surface area contributed by atoms with E-state index >= 15 is 0 Å². The SMILES string of the molecule is O=C(N/C(=C\c1ccc2c(c1)OCO2)C(=O)N1CCOCC1)c1ccco1. The predicted molar refractivity (Wildman–Crippen MR) is 94.1 cm³/mol. The molecule has 1 aromatic heterocycles. The molecular formula is C19H18N2O6. The molecule has 0 spiro atoms. The first-order chi connectivity index (χ1) is 13.2. The van der Waals surface area contributed by atoms with Crippen LogP contribution in [0.4, 0.5) is 0 Å². The fraction of sp³-hybridized carbons (Fsp3) is 0.263. The zero-order chi connectivity index (χ0) is 18.6. The molecule has 2 aliphatic rings. The van der Waals surface area contributed by atoms with Crippen LogP contribution in [0.5, 0.6) is 11.5 Å². The van der Waals surface area contributed by atoms with Crippen LogP contribution in [0.1, 0.15) is 16.1 Å². The number of ether oxygens (including phenoxy) is 3. The number of carbonyl (C=O) groups excluding carboxylic acids is 2. The highest BCUT2D eigenvalue weighted by Gasteiger charge is 2.23. The van der Waals surface area contributed by atoms with Crippen LogP contribution < -0.4 is 14.8 Å². The van der Waals surface area contributed by atoms with Gasteiger partial charge in [-0.05, 0) is 35.9 Å². The van der Waals surface area contributed by atoms with Crippen molar-refractivity contribution in [3.63, 3.8) is 0 Å². The number of nitrogens with one attached hydrogen (secondary N) is 1. The van der Waals surface area contributed by atoms with Crippen LogP contribution in [0.3, 0.4) is 0 Å². The first-order valence-electron chi connectivity index (χ1n) is 8.54. The molecular weight excluding hydrogens is 352 g/mol. The number of hydrogen-bond donors (Lipinski definition) is 1. The number of rotatable bonds is 4. The lowest BCUT2D eigenvalue weighted by Gasteiger charge is -2.27. The molecule has 8 nitrogen and oxygen atoms in total. The number of nitrogens with zero attached hydrogens (tertiary/aromatic N) is 1. The number of fused-ring (bicyclic) bond motifs is 1. The summed E-state index contributed by atoms with van der Waals surface area (Å²) in [5, 5.41) is 2.66. The fourth-order valence-electron chi connectivity index (χ4n) is 2.85. The number of furan rings is 1. The summed E-state index contributed by atoms with van der Waals surface area (Å²) in [4.78, 5) is 27.0. The molecule has 27 heavy (non-hydrogen) atoms. The Labute approximate surface area is 155 Å². The summed E-state index contributed by atoms with van der Waals surface area (Å²) in [7, 11) is 0. The lowest BCUT2D eigenvalue weighted by Crippen LogP contribution is -2.44. The minimum Gasteiger partial charge on any atom is -0.459 e. The number of hydrogen-bond acceptors (Lipinski definition) is 6. The summed E-state index contributed by atoms with van der Waals surface area (Å²) in [5.41, 5.74) is 0.854. The van der Waals surface area contributed by atoms with E-state index < -0.39 is 5.91 Å². The smallest absolute Gasteiger partial charge is 0.291 e. The lowest BCUT2D eigenvalue weighted by atomic mass is 10.1. The maximum atomic E-state index is 12.9. The molecule has 1 fully saturated rings. The Hall–Kier alpha value is -3.26. The topological polar surface area (TPSA) is 90.2 Å². The minimum absolute atomic E-state index is 0.126. The van der Waals surface area contributed by atoms with Gasteiger partial charge in [-0.3, -0.25) is 9.59 Å². The summed E-state index contributed by atoms with van der Waals surface area (Å²) in [5.74, 6) is 0.595. The number of amides is 2. The second-order valence-electron chi connectivity index (χ2n) is 6.01. The van der Waals surface area contributed by atoms with Crippen molar-refractivity contribution in [3.8, 4) is 11.5 Å². The van der Waals surface area contributed by atoms with Crippen molar-refractivity contribution in [2.24, 2.45) is 0 Å². The van der Waals surface area contributed by atoms with Crippen LogP contribution >= 0.6 is 0 Å². The van der Waals surface area contributed by atoms with Crippen molar-refractivity contribution in [2.45, 2.75) is 0 Å². The molecule has 0 unspecified atom stereocenters. The third-order valence-corrected chi connectivity index (χ3v) is 4.23. The summed E-state index contributed by atoms with van der Waals surface area (Å²) in [6.07, 6.45) is 3.01. The van der Waals surface area contributed by atoms with Crippen molar-refractivity contribution in [3.05, 3.63) is 53.6 Å². The number of carbonyl (C=O) groups is 2. The van der Waals surface area contributed by atoms with E-state index in [0.29, 0.717) is 43.4 Å². The first-order valence-corrected chi connectivity index (χ1v) is 8.54. The Bertz CT molecular complexity index is 868. The molecule has 0 atom stereocenters. The Morgan fingerprint density at radius 1 is 1.07 bits per heavy atom. The van der Waals surface area contributed by atoms with Gasteiger partial charge in [0.2, 0.25) is 6.79 Å². The van der Waals surface area contributed by atoms with Crippen LogP contribution in [-0.2, 0) is 9.53 Å². The standard InChI is InChI=1S/C19H18N2O6/c22-18(16-2-1-7-25-16)20-14(19(23)21-5-8-24-9-6-21)10-13-3-4-15-17(11-13)27-12-26-15/h1-4,7,10-11H,5-6,8-9,12H2,(H,20,22)/b14-10-. The lowest BCUT2D eigenvalue weighted by molar-refractivity contribution is -0.131. The summed E-state index contributed by atoms with van der Waals surface area (Å²) >= 11 is 0. The van der Waals surface area contributed by atoms with Gasteiger partial charge in [0.15, 0.2) is 17.3 Å². The second kappa shape index (κ2) is 7.55. The zero-order valence-corrected chi connectivity index (χ0v) is 14.5. The molecule has 1 aromatic carbocycles. The number of morpholine rings is 1. The van der Waals surface area contributed by atoms with Crippen molar-refractivity contribution in [1.82, 2.24) is 10.2 Å². The predicted octanol–water partition coefficient (Wildman–Crippen LogP) is 1.64. The average molecular weight is 370 g/mol. The van der Waals surface area contributed by atoms with Crippen LogP contribution in [0, 0.1) is 0 Å². The minimum atomic E-state index is -0.492. The molecule has 3 heterocycles. The van der Waals surface area contributed by atoms with Crippen molar-refractivity contribution in [2.75, 3.05) is 33.1 Å². The highest BCUT2D eigenvalue weighted by atomic mass is 16.7. The maximum Gasteiger partial charge on any atom is 0.291 e. The van der Waals surface area contributed by atoms with E-state index in [0.717, 1.165) is 0 Å². The first kappa shape index (κ1) is 17.2. The maximum absolute atomic E-state index is 12.9. The normalized spacial score (nSPS) is 16.3. The van der Waals surface area contributed by atoms with Crippen LogP contribution in [0.25, 0.3) is 6.08 Å². The highest BCUT2D eigenvalue weighted by molar-refractivity contribution is 6.04. The van der Waals surface area contributed by atoms with Gasteiger partial charge >= 0.3 is 0 Å². The van der Waals surface area contributed by atoms with E-state index in [1.807, 2.05) is 0 Å². The summed E-state index contributed by atoms with van der Waals surface area (Å²) in [6, 6.07) is 8.46. The van der Waals surface area contributed by atoms with Crippen molar-refractivity contribution in [1.29, 1.82) is 0 Å². The van der Waals surface area contributed by atoms with Crippen LogP contribution in [-0.4, -0.2) is 49.8 Å². The Kier molecular flexibility index (Phi) is 4.80. The number of benzene rings is 1. The molecule has 1 N–H and O–H groups in total. The van der Waals surface area contributed by atoms with Gasteiger partial charge in [0.05, 0.1) is 19.5 Å². The third-order valence-electron chi connectivity index (χ3n) is 4.23. The highest BCUT2D eigenvalue weighted by Crippen LogP contribution is 2.33. The molecule has 0 aliphatic carbocycles. The Morgan fingerprint density at radius 3 is 2.67 bits per heavy atom. The van der Waals surface area contributed by atoms with Gasteiger partial charge in [0, 0.05) is 13.1 Å². The second-order valence-corrected chi connectivity index (χ2v) is 6.01. The molecule has 4 rings (SSSR count). The molecule has 0 radical (unpaired) electrons. The van der Waals surface area contributed by atoms with Crippen LogP contribution in [0.2, 0.25) is 0 Å². The molecule has 2 aromatic rings. The van der Waals surface area contributed by atoms with Gasteiger partial charge in [0.1, 0.15) is 5.70 Å². The monoisotopic (exact) mass is 370 g/mol. The quantitative estimate of drug-likeness (QED) is 0.823. The molecule has 0 saturated carbocycles. The van der Waals surface area contributed by atoms with E-state index in [9.17, 15) is 9.59 Å². The largest absolute Gasteiger partial charge is 0.459 e. The van der Waals surface area contributed by atoms with Crippen molar-refractivity contribution < 1.29 is 28.2 Å². The van der Waals surface area contributed by atoms with Crippen LogP contribution in [0.15, 0.2) is 46.7 Å². The molecule has 2 aliphatic heterocycles.